The highest BCUT2D eigenvalue weighted by Gasteiger charge is 2.62. The molecule has 0 aliphatic heterocycles. The lowest BCUT2D eigenvalue weighted by Gasteiger charge is -2.00. The Bertz CT molecular complexity index is 245. The van der Waals surface area contributed by atoms with Gasteiger partial charge in [-0.05, 0) is 50.6 Å². The first-order valence-electron chi connectivity index (χ1n) is 3.67. The third kappa shape index (κ3) is 1.46. The number of rotatable bonds is 2. The molecule has 0 aromatic carbocycles. The summed E-state index contributed by atoms with van der Waals surface area (Å²) in [6.45, 7) is 3.74. The molecule has 4 heteroatoms. The Labute approximate surface area is 88.3 Å². The van der Waals surface area contributed by atoms with Gasteiger partial charge in [0.1, 0.15) is 0 Å². The van der Waals surface area contributed by atoms with E-state index in [0.29, 0.717) is 0 Å². The molecule has 0 bridgehead atoms. The molecule has 0 amide bonds. The quantitative estimate of drug-likeness (QED) is 0.851. The van der Waals surface area contributed by atoms with E-state index in [0.717, 1.165) is 3.39 Å². The molecule has 3 unspecified atom stereocenters. The maximum Gasteiger partial charge on any atom is 0.310 e. The van der Waals surface area contributed by atoms with E-state index >= 15 is 0 Å². The van der Waals surface area contributed by atoms with Crippen LogP contribution in [0.1, 0.15) is 13.8 Å². The topological polar surface area (TPSA) is 37.3 Å². The predicted octanol–water partition coefficient (Wildman–Crippen LogP) is 2.97. The van der Waals surface area contributed by atoms with Crippen LogP contribution in [0.25, 0.3) is 0 Å². The van der Waals surface area contributed by atoms with Crippen LogP contribution in [-0.2, 0) is 4.79 Å². The second-order valence-electron chi connectivity index (χ2n) is 3.36. The average molecular weight is 298 g/mol. The SMILES string of the molecule is CC1C(C=C(Br)Br)C1(C)C(=O)O. The molecule has 2 nitrogen and oxygen atoms in total. The summed E-state index contributed by atoms with van der Waals surface area (Å²) < 4.78 is 0.830. The lowest BCUT2D eigenvalue weighted by atomic mass is 10.1. The number of allylic oxidation sites excluding steroid dienone is 1. The highest BCUT2D eigenvalue weighted by Crippen LogP contribution is 2.59. The number of hydrogen-bond acceptors (Lipinski definition) is 1. The number of carboxylic acid groups (broad SMARTS) is 1. The summed E-state index contributed by atoms with van der Waals surface area (Å²) in [6.07, 6.45) is 1.90. The van der Waals surface area contributed by atoms with Gasteiger partial charge in [-0.15, -0.1) is 0 Å². The van der Waals surface area contributed by atoms with E-state index in [-0.39, 0.29) is 11.8 Å². The standard InChI is InChI=1S/C8H10Br2O2/c1-4-5(3-6(9)10)8(4,2)7(11)12/h3-5H,1-2H3,(H,11,12). The molecule has 0 aromatic heterocycles. The van der Waals surface area contributed by atoms with Crippen LogP contribution >= 0.6 is 31.9 Å². The van der Waals surface area contributed by atoms with Crippen LogP contribution in [0.2, 0.25) is 0 Å². The zero-order valence-corrected chi connectivity index (χ0v) is 10.0. The molecule has 0 spiro atoms. The summed E-state index contributed by atoms with van der Waals surface area (Å²) in [5, 5.41) is 8.91. The van der Waals surface area contributed by atoms with Gasteiger partial charge in [-0.2, -0.15) is 0 Å². The van der Waals surface area contributed by atoms with Gasteiger partial charge in [-0.25, -0.2) is 0 Å². The van der Waals surface area contributed by atoms with Crippen LogP contribution < -0.4 is 0 Å². The summed E-state index contributed by atoms with van der Waals surface area (Å²) in [7, 11) is 0. The van der Waals surface area contributed by atoms with Gasteiger partial charge >= 0.3 is 5.97 Å². The molecular weight excluding hydrogens is 288 g/mol. The third-order valence-electron chi connectivity index (χ3n) is 2.83. The Morgan fingerprint density at radius 1 is 1.58 bits per heavy atom. The van der Waals surface area contributed by atoms with E-state index in [1.807, 2.05) is 13.0 Å². The first-order chi connectivity index (χ1) is 5.40. The van der Waals surface area contributed by atoms with E-state index in [9.17, 15) is 4.79 Å². The minimum Gasteiger partial charge on any atom is -0.481 e. The Morgan fingerprint density at radius 3 is 2.33 bits per heavy atom. The summed E-state index contributed by atoms with van der Waals surface area (Å²) >= 11 is 6.46. The van der Waals surface area contributed by atoms with Crippen LogP contribution in [0.4, 0.5) is 0 Å². The second kappa shape index (κ2) is 3.14. The molecular formula is C8H10Br2O2. The molecule has 1 fully saturated rings. The number of carbonyl (C=O) groups is 1. The molecule has 1 aliphatic rings. The zero-order valence-electron chi connectivity index (χ0n) is 6.84. The fourth-order valence-corrected chi connectivity index (χ4v) is 2.13. The molecule has 0 radical (unpaired) electrons. The molecule has 3 atom stereocenters. The Balaban J connectivity index is 2.77. The van der Waals surface area contributed by atoms with E-state index in [1.54, 1.807) is 6.92 Å². The summed E-state index contributed by atoms with van der Waals surface area (Å²) in [5.74, 6) is -0.346. The number of halogens is 2. The molecule has 68 valence electrons. The van der Waals surface area contributed by atoms with Gasteiger partial charge in [0.15, 0.2) is 0 Å². The van der Waals surface area contributed by atoms with Crippen molar-refractivity contribution in [3.05, 3.63) is 9.47 Å². The monoisotopic (exact) mass is 296 g/mol. The number of aliphatic carboxylic acids is 1. The molecule has 1 N–H and O–H groups in total. The largest absolute Gasteiger partial charge is 0.481 e. The molecule has 1 rings (SSSR count). The smallest absolute Gasteiger partial charge is 0.310 e. The van der Waals surface area contributed by atoms with Gasteiger partial charge in [-0.1, -0.05) is 13.0 Å². The van der Waals surface area contributed by atoms with Crippen LogP contribution in [-0.4, -0.2) is 11.1 Å². The Kier molecular flexibility index (Phi) is 2.69. The van der Waals surface area contributed by atoms with Crippen LogP contribution in [0.5, 0.6) is 0 Å². The Morgan fingerprint density at radius 2 is 2.08 bits per heavy atom. The van der Waals surface area contributed by atoms with E-state index < -0.39 is 11.4 Å². The van der Waals surface area contributed by atoms with Gasteiger partial charge in [-0.3, -0.25) is 4.79 Å². The molecule has 0 aromatic rings. The Hall–Kier alpha value is 0.170. The number of hydrogen-bond donors (Lipinski definition) is 1. The van der Waals surface area contributed by atoms with Crippen molar-refractivity contribution in [3.63, 3.8) is 0 Å². The minimum absolute atomic E-state index is 0.142. The van der Waals surface area contributed by atoms with Crippen molar-refractivity contribution < 1.29 is 9.90 Å². The van der Waals surface area contributed by atoms with Gasteiger partial charge in [0.05, 0.1) is 8.81 Å². The van der Waals surface area contributed by atoms with Crippen LogP contribution in [0.15, 0.2) is 9.47 Å². The number of carboxylic acids is 1. The summed E-state index contributed by atoms with van der Waals surface area (Å²) in [4.78, 5) is 10.8. The van der Waals surface area contributed by atoms with Crippen molar-refractivity contribution in [2.24, 2.45) is 17.3 Å². The van der Waals surface area contributed by atoms with Gasteiger partial charge in [0, 0.05) is 0 Å². The second-order valence-corrected chi connectivity index (χ2v) is 6.13. The van der Waals surface area contributed by atoms with Crippen molar-refractivity contribution in [2.45, 2.75) is 13.8 Å². The van der Waals surface area contributed by atoms with Gasteiger partial charge < -0.3 is 5.11 Å². The maximum atomic E-state index is 10.8. The molecule has 0 saturated heterocycles. The summed E-state index contributed by atoms with van der Waals surface area (Å²) in [6, 6.07) is 0. The maximum absolute atomic E-state index is 10.8. The van der Waals surface area contributed by atoms with Crippen LogP contribution in [0, 0.1) is 17.3 Å². The molecule has 1 saturated carbocycles. The van der Waals surface area contributed by atoms with E-state index in [2.05, 4.69) is 31.9 Å². The van der Waals surface area contributed by atoms with Crippen molar-refractivity contribution >= 4 is 37.8 Å². The fourth-order valence-electron chi connectivity index (χ4n) is 1.56. The first kappa shape index (κ1) is 10.3. The average Bonchev–Trinajstić information content (AvgIpc) is 2.41. The van der Waals surface area contributed by atoms with Crippen molar-refractivity contribution in [1.29, 1.82) is 0 Å². The predicted molar refractivity (Wildman–Crippen MR) is 54.3 cm³/mol. The molecule has 0 heterocycles. The third-order valence-corrected chi connectivity index (χ3v) is 3.36. The molecule has 12 heavy (non-hydrogen) atoms. The lowest BCUT2D eigenvalue weighted by molar-refractivity contribution is -0.143. The molecule has 1 aliphatic carbocycles. The zero-order chi connectivity index (χ0) is 9.52. The minimum atomic E-state index is -0.711. The van der Waals surface area contributed by atoms with E-state index in [4.69, 9.17) is 5.11 Å². The van der Waals surface area contributed by atoms with Crippen molar-refractivity contribution in [3.8, 4) is 0 Å². The fraction of sp³-hybridized carbons (Fsp3) is 0.625. The normalized spacial score (nSPS) is 39.0. The van der Waals surface area contributed by atoms with Gasteiger partial charge in [0.2, 0.25) is 0 Å². The van der Waals surface area contributed by atoms with Crippen molar-refractivity contribution in [1.82, 2.24) is 0 Å². The van der Waals surface area contributed by atoms with Crippen molar-refractivity contribution in [2.75, 3.05) is 0 Å². The van der Waals surface area contributed by atoms with Crippen LogP contribution in [0.3, 0.4) is 0 Å². The van der Waals surface area contributed by atoms with Gasteiger partial charge in [0.25, 0.3) is 0 Å². The lowest BCUT2D eigenvalue weighted by Crippen LogP contribution is -2.13. The highest BCUT2D eigenvalue weighted by atomic mass is 79.9. The first-order valence-corrected chi connectivity index (χ1v) is 5.25. The summed E-state index contributed by atoms with van der Waals surface area (Å²) in [5.41, 5.74) is -0.563. The highest BCUT2D eigenvalue weighted by molar-refractivity contribution is 9.28. The van der Waals surface area contributed by atoms with E-state index in [1.165, 1.54) is 0 Å².